The molecule has 1 aromatic carbocycles. The molecule has 0 saturated carbocycles. The van der Waals surface area contributed by atoms with Gasteiger partial charge in [-0.05, 0) is 42.4 Å². The fourth-order valence-corrected chi connectivity index (χ4v) is 3.67. The van der Waals surface area contributed by atoms with Crippen LogP contribution >= 0.6 is 11.3 Å². The number of likely N-dealkylation sites (N-methyl/N-ethyl adjacent to an activating group) is 1. The zero-order chi connectivity index (χ0) is 16.9. The summed E-state index contributed by atoms with van der Waals surface area (Å²) in [6.45, 7) is 6.67. The zero-order valence-corrected chi connectivity index (χ0v) is 14.6. The standard InChI is InChI=1S/C19H21FN2OS/c1-2-21-11-13-22(14-12-21)19(23)10-8-17-7-9-18(24-17)15-3-5-16(20)6-4-15/h3-10H,2,11-14H2,1H3/b10-8+. The van der Waals surface area contributed by atoms with E-state index in [2.05, 4.69) is 11.8 Å². The van der Waals surface area contributed by atoms with Crippen molar-refractivity contribution in [2.24, 2.45) is 0 Å². The van der Waals surface area contributed by atoms with Crippen LogP contribution in [0.2, 0.25) is 0 Å². The van der Waals surface area contributed by atoms with Crippen molar-refractivity contribution in [3.8, 4) is 10.4 Å². The number of halogens is 1. The summed E-state index contributed by atoms with van der Waals surface area (Å²) in [5, 5.41) is 0. The van der Waals surface area contributed by atoms with Gasteiger partial charge in [0.2, 0.25) is 5.91 Å². The number of hydrogen-bond acceptors (Lipinski definition) is 3. The van der Waals surface area contributed by atoms with Crippen LogP contribution in [0.5, 0.6) is 0 Å². The number of carbonyl (C=O) groups excluding carboxylic acids is 1. The molecular weight excluding hydrogens is 323 g/mol. The van der Waals surface area contributed by atoms with E-state index in [4.69, 9.17) is 0 Å². The molecule has 5 heteroatoms. The van der Waals surface area contributed by atoms with Crippen molar-refractivity contribution in [1.82, 2.24) is 9.80 Å². The second kappa shape index (κ2) is 7.73. The van der Waals surface area contributed by atoms with Gasteiger partial charge in [-0.25, -0.2) is 4.39 Å². The van der Waals surface area contributed by atoms with Crippen LogP contribution in [0.25, 0.3) is 16.5 Å². The summed E-state index contributed by atoms with van der Waals surface area (Å²) < 4.78 is 13.0. The predicted octanol–water partition coefficient (Wildman–Crippen LogP) is 3.73. The molecule has 126 valence electrons. The van der Waals surface area contributed by atoms with E-state index in [-0.39, 0.29) is 11.7 Å². The van der Waals surface area contributed by atoms with Crippen LogP contribution in [0.4, 0.5) is 4.39 Å². The summed E-state index contributed by atoms with van der Waals surface area (Å²) in [7, 11) is 0. The highest BCUT2D eigenvalue weighted by Gasteiger charge is 2.18. The van der Waals surface area contributed by atoms with Crippen molar-refractivity contribution in [2.45, 2.75) is 6.92 Å². The van der Waals surface area contributed by atoms with Crippen molar-refractivity contribution in [2.75, 3.05) is 32.7 Å². The third kappa shape index (κ3) is 4.10. The number of rotatable bonds is 4. The first-order valence-corrected chi connectivity index (χ1v) is 9.02. The minimum Gasteiger partial charge on any atom is -0.337 e. The fourth-order valence-electron chi connectivity index (χ4n) is 2.76. The number of amides is 1. The molecule has 0 aliphatic carbocycles. The number of nitrogens with zero attached hydrogens (tertiary/aromatic N) is 2. The SMILES string of the molecule is CCN1CCN(C(=O)/C=C/c2ccc(-c3ccc(F)cc3)s2)CC1. The summed E-state index contributed by atoms with van der Waals surface area (Å²) in [5.74, 6) is -0.160. The molecule has 0 N–H and O–H groups in total. The van der Waals surface area contributed by atoms with Gasteiger partial charge in [-0.1, -0.05) is 19.1 Å². The monoisotopic (exact) mass is 344 g/mol. The lowest BCUT2D eigenvalue weighted by Crippen LogP contribution is -2.48. The molecule has 0 spiro atoms. The van der Waals surface area contributed by atoms with E-state index in [1.54, 1.807) is 29.5 Å². The molecular formula is C19H21FN2OS. The Morgan fingerprint density at radius 1 is 1.12 bits per heavy atom. The Morgan fingerprint density at radius 3 is 2.50 bits per heavy atom. The van der Waals surface area contributed by atoms with Gasteiger partial charge >= 0.3 is 0 Å². The van der Waals surface area contributed by atoms with Crippen LogP contribution in [0.15, 0.2) is 42.5 Å². The normalized spacial score (nSPS) is 16.0. The van der Waals surface area contributed by atoms with Crippen LogP contribution < -0.4 is 0 Å². The quantitative estimate of drug-likeness (QED) is 0.789. The van der Waals surface area contributed by atoms with E-state index >= 15 is 0 Å². The number of piperazine rings is 1. The van der Waals surface area contributed by atoms with Gasteiger partial charge < -0.3 is 9.80 Å². The third-order valence-electron chi connectivity index (χ3n) is 4.28. The van der Waals surface area contributed by atoms with Crippen LogP contribution in [-0.2, 0) is 4.79 Å². The Hall–Kier alpha value is -1.98. The van der Waals surface area contributed by atoms with E-state index in [1.807, 2.05) is 23.1 Å². The molecule has 0 atom stereocenters. The molecule has 3 rings (SSSR count). The molecule has 2 heterocycles. The Morgan fingerprint density at radius 2 is 1.83 bits per heavy atom. The van der Waals surface area contributed by atoms with Gasteiger partial charge in [0.05, 0.1) is 0 Å². The van der Waals surface area contributed by atoms with Crippen molar-refractivity contribution in [3.05, 3.63) is 53.2 Å². The maximum Gasteiger partial charge on any atom is 0.246 e. The van der Waals surface area contributed by atoms with Crippen LogP contribution in [0.3, 0.4) is 0 Å². The lowest BCUT2D eigenvalue weighted by molar-refractivity contribution is -0.127. The largest absolute Gasteiger partial charge is 0.337 e. The lowest BCUT2D eigenvalue weighted by atomic mass is 10.2. The van der Waals surface area contributed by atoms with E-state index in [9.17, 15) is 9.18 Å². The smallest absolute Gasteiger partial charge is 0.246 e. The first-order chi connectivity index (χ1) is 11.7. The fraction of sp³-hybridized carbons (Fsp3) is 0.316. The number of thiophene rings is 1. The number of hydrogen-bond donors (Lipinski definition) is 0. The maximum absolute atomic E-state index is 13.0. The van der Waals surface area contributed by atoms with Crippen LogP contribution in [0.1, 0.15) is 11.8 Å². The first-order valence-electron chi connectivity index (χ1n) is 8.21. The Kier molecular flexibility index (Phi) is 5.43. The average Bonchev–Trinajstić information content (AvgIpc) is 3.09. The lowest BCUT2D eigenvalue weighted by Gasteiger charge is -2.33. The summed E-state index contributed by atoms with van der Waals surface area (Å²) in [6, 6.07) is 10.5. The van der Waals surface area contributed by atoms with E-state index in [1.165, 1.54) is 12.1 Å². The molecule has 24 heavy (non-hydrogen) atoms. The van der Waals surface area contributed by atoms with Gasteiger partial charge in [-0.15, -0.1) is 11.3 Å². The highest BCUT2D eigenvalue weighted by atomic mass is 32.1. The Bertz CT molecular complexity index is 715. The topological polar surface area (TPSA) is 23.6 Å². The predicted molar refractivity (Wildman–Crippen MR) is 97.4 cm³/mol. The molecule has 2 aromatic rings. The highest BCUT2D eigenvalue weighted by Crippen LogP contribution is 2.28. The Balaban J connectivity index is 1.61. The summed E-state index contributed by atoms with van der Waals surface area (Å²) in [6.07, 6.45) is 3.52. The van der Waals surface area contributed by atoms with Gasteiger partial charge in [0.15, 0.2) is 0 Å². The van der Waals surface area contributed by atoms with E-state index in [0.717, 1.165) is 48.0 Å². The van der Waals surface area contributed by atoms with Gasteiger partial charge in [0.25, 0.3) is 0 Å². The molecule has 3 nitrogen and oxygen atoms in total. The van der Waals surface area contributed by atoms with Crippen LogP contribution in [-0.4, -0.2) is 48.4 Å². The molecule has 0 bridgehead atoms. The van der Waals surface area contributed by atoms with E-state index < -0.39 is 0 Å². The minimum atomic E-state index is -0.232. The zero-order valence-electron chi connectivity index (χ0n) is 13.7. The van der Waals surface area contributed by atoms with Crippen molar-refractivity contribution in [3.63, 3.8) is 0 Å². The summed E-state index contributed by atoms with van der Waals surface area (Å²) in [4.78, 5) is 18.6. The Labute approximate surface area is 146 Å². The van der Waals surface area contributed by atoms with Crippen molar-refractivity contribution in [1.29, 1.82) is 0 Å². The molecule has 1 amide bonds. The van der Waals surface area contributed by atoms with Gasteiger partial charge in [-0.2, -0.15) is 0 Å². The average molecular weight is 344 g/mol. The number of benzene rings is 1. The van der Waals surface area contributed by atoms with E-state index in [0.29, 0.717) is 0 Å². The van der Waals surface area contributed by atoms with Gasteiger partial charge in [0, 0.05) is 42.0 Å². The summed E-state index contributed by atoms with van der Waals surface area (Å²) in [5.41, 5.74) is 0.989. The maximum atomic E-state index is 13.0. The first kappa shape index (κ1) is 16.9. The molecule has 1 aliphatic rings. The third-order valence-corrected chi connectivity index (χ3v) is 5.38. The second-order valence-corrected chi connectivity index (χ2v) is 6.92. The molecule has 0 unspecified atom stereocenters. The molecule has 1 saturated heterocycles. The minimum absolute atomic E-state index is 0.0717. The highest BCUT2D eigenvalue weighted by molar-refractivity contribution is 7.16. The van der Waals surface area contributed by atoms with Crippen LogP contribution in [0, 0.1) is 5.82 Å². The molecule has 1 aliphatic heterocycles. The molecule has 0 radical (unpaired) electrons. The molecule has 1 fully saturated rings. The van der Waals surface area contributed by atoms with Gasteiger partial charge in [-0.3, -0.25) is 4.79 Å². The molecule has 1 aromatic heterocycles. The second-order valence-electron chi connectivity index (χ2n) is 5.80. The van der Waals surface area contributed by atoms with Crippen molar-refractivity contribution >= 4 is 23.3 Å². The van der Waals surface area contributed by atoms with Crippen molar-refractivity contribution < 1.29 is 9.18 Å². The number of carbonyl (C=O) groups is 1. The van der Waals surface area contributed by atoms with Gasteiger partial charge in [0.1, 0.15) is 5.82 Å². The summed E-state index contributed by atoms with van der Waals surface area (Å²) >= 11 is 1.60.